The molecule has 1 rings (SSSR count). The number of carbonyl (C=O) groups is 2. The third kappa shape index (κ3) is 2.12. The molecule has 1 N–H and O–H groups in total. The van der Waals surface area contributed by atoms with Crippen molar-refractivity contribution in [3.05, 3.63) is 23.8 Å². The Morgan fingerprint density at radius 2 is 1.80 bits per heavy atom. The van der Waals surface area contributed by atoms with E-state index in [-0.39, 0.29) is 11.3 Å². The zero-order valence-corrected chi connectivity index (χ0v) is 7.57. The summed E-state index contributed by atoms with van der Waals surface area (Å²) in [5.74, 6) is -8.01. The number of aromatic nitrogens is 2. The summed E-state index contributed by atoms with van der Waals surface area (Å²) in [5.41, 5.74) is 0.0416. The summed E-state index contributed by atoms with van der Waals surface area (Å²) in [6.45, 7) is 1.22. The standard InChI is InChI=1S/C8H6F2N2O3/c1-4(13)5-2-11-6(12-3-5)8(9,10)7(14)15/h2-3H,1H3,(H,14,15). The van der Waals surface area contributed by atoms with Crippen molar-refractivity contribution in [3.8, 4) is 0 Å². The minimum atomic E-state index is -4.14. The first-order valence-corrected chi connectivity index (χ1v) is 3.80. The Labute approximate surface area is 82.8 Å². The van der Waals surface area contributed by atoms with Crippen molar-refractivity contribution in [1.82, 2.24) is 9.97 Å². The van der Waals surface area contributed by atoms with E-state index >= 15 is 0 Å². The number of aliphatic carboxylic acids is 1. The van der Waals surface area contributed by atoms with Crippen LogP contribution in [0, 0.1) is 0 Å². The summed E-state index contributed by atoms with van der Waals surface area (Å²) in [7, 11) is 0. The molecular formula is C8H6F2N2O3. The third-order valence-electron chi connectivity index (χ3n) is 1.61. The van der Waals surface area contributed by atoms with E-state index in [0.717, 1.165) is 12.4 Å². The number of carboxylic acids is 1. The lowest BCUT2D eigenvalue weighted by molar-refractivity contribution is -0.167. The second kappa shape index (κ2) is 3.68. The predicted octanol–water partition coefficient (Wildman–Crippen LogP) is 0.856. The second-order valence-corrected chi connectivity index (χ2v) is 2.73. The Bertz CT molecular complexity index is 403. The quantitative estimate of drug-likeness (QED) is 0.757. The Balaban J connectivity index is 3.09. The monoisotopic (exact) mass is 216 g/mol. The van der Waals surface area contributed by atoms with E-state index < -0.39 is 17.7 Å². The molecule has 0 radical (unpaired) electrons. The number of hydrogen-bond donors (Lipinski definition) is 1. The van der Waals surface area contributed by atoms with Crippen LogP contribution < -0.4 is 0 Å². The maximum atomic E-state index is 12.8. The molecule has 1 heterocycles. The van der Waals surface area contributed by atoms with Gasteiger partial charge in [0, 0.05) is 12.4 Å². The Kier molecular flexibility index (Phi) is 2.74. The van der Waals surface area contributed by atoms with Crippen LogP contribution in [-0.4, -0.2) is 26.8 Å². The molecule has 1 aromatic rings. The van der Waals surface area contributed by atoms with Crippen molar-refractivity contribution in [1.29, 1.82) is 0 Å². The molecule has 5 nitrogen and oxygen atoms in total. The number of Topliss-reactive ketones (excluding diaryl/α,β-unsaturated/α-hetero) is 1. The van der Waals surface area contributed by atoms with E-state index in [9.17, 15) is 18.4 Å². The normalized spacial score (nSPS) is 11.1. The van der Waals surface area contributed by atoms with Crippen molar-refractivity contribution in [2.75, 3.05) is 0 Å². The van der Waals surface area contributed by atoms with Crippen LogP contribution in [0.1, 0.15) is 23.1 Å². The molecule has 0 aliphatic carbocycles. The van der Waals surface area contributed by atoms with Gasteiger partial charge in [-0.3, -0.25) is 4.79 Å². The summed E-state index contributed by atoms with van der Waals surface area (Å²) in [6, 6.07) is 0. The van der Waals surface area contributed by atoms with Crippen LogP contribution in [0.2, 0.25) is 0 Å². The van der Waals surface area contributed by atoms with Crippen molar-refractivity contribution in [2.24, 2.45) is 0 Å². The van der Waals surface area contributed by atoms with Gasteiger partial charge in [0.1, 0.15) is 0 Å². The van der Waals surface area contributed by atoms with Gasteiger partial charge < -0.3 is 5.11 Å². The summed E-state index contributed by atoms with van der Waals surface area (Å²) in [6.07, 6.45) is 1.73. The minimum absolute atomic E-state index is 0.0416. The molecule has 0 aromatic carbocycles. The van der Waals surface area contributed by atoms with Gasteiger partial charge >= 0.3 is 11.9 Å². The molecule has 7 heteroatoms. The van der Waals surface area contributed by atoms with Crippen molar-refractivity contribution in [2.45, 2.75) is 12.8 Å². The van der Waals surface area contributed by atoms with E-state index in [1.165, 1.54) is 6.92 Å². The molecule has 0 bridgehead atoms. The van der Waals surface area contributed by atoms with Gasteiger partial charge in [-0.2, -0.15) is 8.78 Å². The molecule has 0 spiro atoms. The summed E-state index contributed by atoms with van der Waals surface area (Å²) >= 11 is 0. The molecule has 0 amide bonds. The van der Waals surface area contributed by atoms with Gasteiger partial charge in [-0.15, -0.1) is 0 Å². The molecule has 15 heavy (non-hydrogen) atoms. The molecule has 0 saturated carbocycles. The maximum absolute atomic E-state index is 12.8. The molecule has 80 valence electrons. The first kappa shape index (κ1) is 11.2. The number of carbonyl (C=O) groups excluding carboxylic acids is 1. The third-order valence-corrected chi connectivity index (χ3v) is 1.61. The van der Waals surface area contributed by atoms with Crippen LogP contribution in [0.5, 0.6) is 0 Å². The second-order valence-electron chi connectivity index (χ2n) is 2.73. The van der Waals surface area contributed by atoms with E-state index in [1.807, 2.05) is 0 Å². The van der Waals surface area contributed by atoms with Gasteiger partial charge in [-0.1, -0.05) is 0 Å². The summed E-state index contributed by atoms with van der Waals surface area (Å²) < 4.78 is 25.6. The number of rotatable bonds is 3. The number of ketones is 1. The van der Waals surface area contributed by atoms with Crippen LogP contribution >= 0.6 is 0 Å². The first-order chi connectivity index (χ1) is 6.85. The molecule has 0 fully saturated rings. The molecular weight excluding hydrogens is 210 g/mol. The van der Waals surface area contributed by atoms with Crippen LogP contribution in [0.25, 0.3) is 0 Å². The van der Waals surface area contributed by atoms with Crippen molar-refractivity contribution >= 4 is 11.8 Å². The minimum Gasteiger partial charge on any atom is -0.476 e. The van der Waals surface area contributed by atoms with Crippen LogP contribution in [-0.2, 0) is 10.7 Å². The fourth-order valence-electron chi connectivity index (χ4n) is 0.768. The lowest BCUT2D eigenvalue weighted by Crippen LogP contribution is -2.28. The molecule has 0 aliphatic heterocycles. The number of hydrogen-bond acceptors (Lipinski definition) is 4. The smallest absolute Gasteiger partial charge is 0.400 e. The Morgan fingerprint density at radius 1 is 1.33 bits per heavy atom. The highest BCUT2D eigenvalue weighted by Crippen LogP contribution is 2.24. The van der Waals surface area contributed by atoms with E-state index in [2.05, 4.69) is 9.97 Å². The Hall–Kier alpha value is -1.92. The van der Waals surface area contributed by atoms with E-state index in [1.54, 1.807) is 0 Å². The number of alkyl halides is 2. The highest BCUT2D eigenvalue weighted by Gasteiger charge is 2.44. The molecule has 0 saturated heterocycles. The van der Waals surface area contributed by atoms with Crippen molar-refractivity contribution < 1.29 is 23.5 Å². The van der Waals surface area contributed by atoms with E-state index in [4.69, 9.17) is 5.11 Å². The van der Waals surface area contributed by atoms with Gasteiger partial charge in [0.2, 0.25) is 5.82 Å². The number of carboxylic acid groups (broad SMARTS) is 1. The largest absolute Gasteiger partial charge is 0.476 e. The molecule has 1 aromatic heterocycles. The van der Waals surface area contributed by atoms with Gasteiger partial charge in [-0.25, -0.2) is 14.8 Å². The van der Waals surface area contributed by atoms with Crippen LogP contribution in [0.15, 0.2) is 12.4 Å². The fourth-order valence-corrected chi connectivity index (χ4v) is 0.768. The maximum Gasteiger partial charge on any atom is 0.400 e. The predicted molar refractivity (Wildman–Crippen MR) is 43.6 cm³/mol. The fraction of sp³-hybridized carbons (Fsp3) is 0.250. The number of halogens is 2. The highest BCUT2D eigenvalue weighted by molar-refractivity contribution is 5.93. The number of nitrogens with zero attached hydrogens (tertiary/aromatic N) is 2. The van der Waals surface area contributed by atoms with Crippen LogP contribution in [0.3, 0.4) is 0 Å². The Morgan fingerprint density at radius 3 is 2.13 bits per heavy atom. The topological polar surface area (TPSA) is 80.2 Å². The first-order valence-electron chi connectivity index (χ1n) is 3.80. The lowest BCUT2D eigenvalue weighted by atomic mass is 10.2. The highest BCUT2D eigenvalue weighted by atomic mass is 19.3. The van der Waals surface area contributed by atoms with Gasteiger partial charge in [0.25, 0.3) is 0 Å². The SMILES string of the molecule is CC(=O)c1cnc(C(F)(F)C(=O)O)nc1. The van der Waals surface area contributed by atoms with E-state index in [0.29, 0.717) is 0 Å². The summed E-state index contributed by atoms with van der Waals surface area (Å²) in [4.78, 5) is 27.2. The molecule has 0 unspecified atom stereocenters. The van der Waals surface area contributed by atoms with Gasteiger partial charge in [0.05, 0.1) is 5.56 Å². The average molecular weight is 216 g/mol. The molecule has 0 aliphatic rings. The van der Waals surface area contributed by atoms with Gasteiger partial charge in [0.15, 0.2) is 5.78 Å². The lowest BCUT2D eigenvalue weighted by Gasteiger charge is -2.08. The average Bonchev–Trinajstić information content (AvgIpc) is 2.17. The van der Waals surface area contributed by atoms with Crippen LogP contribution in [0.4, 0.5) is 8.78 Å². The van der Waals surface area contributed by atoms with Gasteiger partial charge in [-0.05, 0) is 6.92 Å². The zero-order valence-electron chi connectivity index (χ0n) is 7.57. The summed E-state index contributed by atoms with van der Waals surface area (Å²) in [5, 5.41) is 8.18. The van der Waals surface area contributed by atoms with Crippen molar-refractivity contribution in [3.63, 3.8) is 0 Å². The molecule has 0 atom stereocenters. The zero-order chi connectivity index (χ0) is 11.6.